The minimum absolute atomic E-state index is 0.0493. The molecule has 2 rings (SSSR count). The third-order valence-electron chi connectivity index (χ3n) is 2.64. The van der Waals surface area contributed by atoms with Crippen molar-refractivity contribution < 1.29 is 22.1 Å². The minimum Gasteiger partial charge on any atom is -0.347 e. The van der Waals surface area contributed by atoms with Crippen molar-refractivity contribution in [3.63, 3.8) is 0 Å². The number of thioether (sulfide) groups is 1. The average molecular weight is 268 g/mol. The molecule has 0 bridgehead atoms. The monoisotopic (exact) mass is 268 g/mol. The van der Waals surface area contributed by atoms with Crippen LogP contribution in [0.5, 0.6) is 0 Å². The van der Waals surface area contributed by atoms with Crippen LogP contribution in [0.1, 0.15) is 12.8 Å². The molecule has 0 aromatic heterocycles. The lowest BCUT2D eigenvalue weighted by atomic mass is 10.1. The molecule has 0 aliphatic carbocycles. The molecule has 2 heterocycles. The minimum atomic E-state index is -3.39. The van der Waals surface area contributed by atoms with Crippen molar-refractivity contribution in [1.29, 1.82) is 0 Å². The SMILES string of the molecule is CS(=O)(=O)OCC1COC2(CCSCC2)O1. The first-order chi connectivity index (χ1) is 7.49. The summed E-state index contributed by atoms with van der Waals surface area (Å²) >= 11 is 1.89. The van der Waals surface area contributed by atoms with Crippen molar-refractivity contribution in [2.45, 2.75) is 24.7 Å². The van der Waals surface area contributed by atoms with Crippen LogP contribution in [0.3, 0.4) is 0 Å². The number of hydrogen-bond acceptors (Lipinski definition) is 6. The second-order valence-corrected chi connectivity index (χ2v) is 6.93. The molecule has 0 aromatic rings. The third kappa shape index (κ3) is 3.33. The van der Waals surface area contributed by atoms with Gasteiger partial charge in [0.05, 0.1) is 19.5 Å². The molecule has 2 aliphatic heterocycles. The van der Waals surface area contributed by atoms with Crippen molar-refractivity contribution in [3.8, 4) is 0 Å². The highest BCUT2D eigenvalue weighted by molar-refractivity contribution is 7.99. The van der Waals surface area contributed by atoms with Crippen LogP contribution in [0.25, 0.3) is 0 Å². The first-order valence-electron chi connectivity index (χ1n) is 5.23. The number of hydrogen-bond donors (Lipinski definition) is 0. The lowest BCUT2D eigenvalue weighted by Crippen LogP contribution is -2.35. The first-order valence-corrected chi connectivity index (χ1v) is 8.20. The summed E-state index contributed by atoms with van der Waals surface area (Å²) < 4.78 is 37.8. The van der Waals surface area contributed by atoms with Crippen molar-refractivity contribution in [1.82, 2.24) is 0 Å². The molecule has 2 fully saturated rings. The molecule has 16 heavy (non-hydrogen) atoms. The van der Waals surface area contributed by atoms with Gasteiger partial charge in [0, 0.05) is 12.8 Å². The van der Waals surface area contributed by atoms with Gasteiger partial charge in [0.2, 0.25) is 0 Å². The molecule has 94 valence electrons. The molecule has 0 amide bonds. The Kier molecular flexibility index (Phi) is 3.80. The fourth-order valence-electron chi connectivity index (χ4n) is 1.84. The smallest absolute Gasteiger partial charge is 0.264 e. The predicted octanol–water partition coefficient (Wildman–Crippen LogP) is 0.601. The van der Waals surface area contributed by atoms with Crippen LogP contribution in [0.4, 0.5) is 0 Å². The van der Waals surface area contributed by atoms with Gasteiger partial charge in [-0.05, 0) is 11.5 Å². The normalized spacial score (nSPS) is 29.7. The zero-order valence-electron chi connectivity index (χ0n) is 9.18. The summed E-state index contributed by atoms with van der Waals surface area (Å²) in [5, 5.41) is 0. The van der Waals surface area contributed by atoms with Crippen LogP contribution in [-0.2, 0) is 23.8 Å². The molecule has 1 atom stereocenters. The van der Waals surface area contributed by atoms with Crippen molar-refractivity contribution in [3.05, 3.63) is 0 Å². The lowest BCUT2D eigenvalue weighted by molar-refractivity contribution is -0.174. The zero-order chi connectivity index (χ0) is 11.6. The molecule has 0 aromatic carbocycles. The third-order valence-corrected chi connectivity index (χ3v) is 4.19. The second-order valence-electron chi connectivity index (χ2n) is 4.06. The van der Waals surface area contributed by atoms with Crippen LogP contribution < -0.4 is 0 Å². The quantitative estimate of drug-likeness (QED) is 0.699. The maximum atomic E-state index is 10.8. The summed E-state index contributed by atoms with van der Waals surface area (Å²) in [6.07, 6.45) is 2.51. The Morgan fingerprint density at radius 3 is 2.75 bits per heavy atom. The molecule has 5 nitrogen and oxygen atoms in total. The summed E-state index contributed by atoms with van der Waals surface area (Å²) in [6.45, 7) is 0.466. The zero-order valence-corrected chi connectivity index (χ0v) is 10.8. The first kappa shape index (κ1) is 12.6. The van der Waals surface area contributed by atoms with Crippen LogP contribution >= 0.6 is 11.8 Å². The lowest BCUT2D eigenvalue weighted by Gasteiger charge is -2.31. The van der Waals surface area contributed by atoms with Crippen LogP contribution in [0, 0.1) is 0 Å². The highest BCUT2D eigenvalue weighted by Gasteiger charge is 2.42. The Morgan fingerprint density at radius 2 is 2.12 bits per heavy atom. The Hall–Kier alpha value is 0.180. The Balaban J connectivity index is 1.83. The van der Waals surface area contributed by atoms with E-state index in [9.17, 15) is 8.42 Å². The summed E-state index contributed by atoms with van der Waals surface area (Å²) in [4.78, 5) is 0. The maximum absolute atomic E-state index is 10.8. The molecule has 1 spiro atoms. The van der Waals surface area contributed by atoms with Gasteiger partial charge in [-0.15, -0.1) is 0 Å². The van der Waals surface area contributed by atoms with E-state index >= 15 is 0 Å². The van der Waals surface area contributed by atoms with Crippen molar-refractivity contribution >= 4 is 21.9 Å². The van der Waals surface area contributed by atoms with Gasteiger partial charge in [-0.3, -0.25) is 4.18 Å². The second kappa shape index (κ2) is 4.81. The van der Waals surface area contributed by atoms with E-state index in [1.165, 1.54) is 0 Å². The molecule has 2 saturated heterocycles. The van der Waals surface area contributed by atoms with E-state index in [2.05, 4.69) is 0 Å². The topological polar surface area (TPSA) is 61.8 Å². The molecule has 0 N–H and O–H groups in total. The van der Waals surface area contributed by atoms with E-state index in [-0.39, 0.29) is 12.7 Å². The van der Waals surface area contributed by atoms with Gasteiger partial charge in [-0.2, -0.15) is 20.2 Å². The molecule has 0 radical (unpaired) electrons. The summed E-state index contributed by atoms with van der Waals surface area (Å²) in [5.74, 6) is 1.58. The largest absolute Gasteiger partial charge is 0.347 e. The summed E-state index contributed by atoms with van der Waals surface area (Å²) in [7, 11) is -3.39. The molecule has 1 unspecified atom stereocenters. The molecule has 0 saturated carbocycles. The fraction of sp³-hybridized carbons (Fsp3) is 1.00. The molecular weight excluding hydrogens is 252 g/mol. The Morgan fingerprint density at radius 1 is 1.44 bits per heavy atom. The highest BCUT2D eigenvalue weighted by Crippen LogP contribution is 2.36. The Labute approximate surface area is 99.9 Å². The van der Waals surface area contributed by atoms with Gasteiger partial charge in [0.15, 0.2) is 5.79 Å². The number of rotatable bonds is 3. The van der Waals surface area contributed by atoms with Crippen LogP contribution in [0.15, 0.2) is 0 Å². The standard InChI is InChI=1S/C9H16O5S2/c1-16(10,11)13-7-8-6-12-9(14-8)2-4-15-5-3-9/h8H,2-7H2,1H3. The summed E-state index contributed by atoms with van der Waals surface area (Å²) in [5.41, 5.74) is 0. The van der Waals surface area contributed by atoms with E-state index in [4.69, 9.17) is 13.7 Å². The fourth-order valence-corrected chi connectivity index (χ4v) is 3.36. The van der Waals surface area contributed by atoms with Gasteiger partial charge in [0.1, 0.15) is 6.10 Å². The van der Waals surface area contributed by atoms with E-state index < -0.39 is 15.9 Å². The predicted molar refractivity (Wildman–Crippen MR) is 60.9 cm³/mol. The Bertz CT molecular complexity index is 334. The highest BCUT2D eigenvalue weighted by atomic mass is 32.2. The average Bonchev–Trinajstić information content (AvgIpc) is 2.59. The van der Waals surface area contributed by atoms with Crippen molar-refractivity contribution in [2.24, 2.45) is 0 Å². The van der Waals surface area contributed by atoms with E-state index in [0.29, 0.717) is 6.61 Å². The summed E-state index contributed by atoms with van der Waals surface area (Å²) in [6, 6.07) is 0. The van der Waals surface area contributed by atoms with Gasteiger partial charge in [-0.25, -0.2) is 0 Å². The van der Waals surface area contributed by atoms with Crippen LogP contribution in [0.2, 0.25) is 0 Å². The van der Waals surface area contributed by atoms with E-state index in [1.54, 1.807) is 0 Å². The van der Waals surface area contributed by atoms with E-state index in [1.807, 2.05) is 11.8 Å². The number of ether oxygens (including phenoxy) is 2. The van der Waals surface area contributed by atoms with Gasteiger partial charge >= 0.3 is 0 Å². The van der Waals surface area contributed by atoms with Gasteiger partial charge in [-0.1, -0.05) is 0 Å². The maximum Gasteiger partial charge on any atom is 0.264 e. The van der Waals surface area contributed by atoms with Crippen LogP contribution in [-0.4, -0.2) is 51.3 Å². The van der Waals surface area contributed by atoms with E-state index in [0.717, 1.165) is 30.6 Å². The molecular formula is C9H16O5S2. The molecule has 7 heteroatoms. The van der Waals surface area contributed by atoms with Gasteiger partial charge in [0.25, 0.3) is 10.1 Å². The van der Waals surface area contributed by atoms with Gasteiger partial charge < -0.3 is 9.47 Å². The van der Waals surface area contributed by atoms with Crippen molar-refractivity contribution in [2.75, 3.05) is 31.0 Å². The molecule has 2 aliphatic rings.